The van der Waals surface area contributed by atoms with E-state index in [9.17, 15) is 0 Å². The van der Waals surface area contributed by atoms with Gasteiger partial charge in [0, 0.05) is 31.1 Å². The molecule has 0 bridgehead atoms. The lowest BCUT2D eigenvalue weighted by Gasteiger charge is -2.35. The van der Waals surface area contributed by atoms with Crippen LogP contribution in [0, 0.1) is 11.3 Å². The first kappa shape index (κ1) is 14.5. The minimum absolute atomic E-state index is 0.530. The molecule has 1 rings (SSSR count). The van der Waals surface area contributed by atoms with Crippen molar-refractivity contribution in [2.75, 3.05) is 13.1 Å². The molecule has 1 heterocycles. The van der Waals surface area contributed by atoms with Gasteiger partial charge in [0.15, 0.2) is 0 Å². The summed E-state index contributed by atoms with van der Waals surface area (Å²) in [6.45, 7) is 8.83. The van der Waals surface area contributed by atoms with Crippen LogP contribution in [-0.2, 0) is 0 Å². The zero-order valence-electron chi connectivity index (χ0n) is 11.6. The first-order chi connectivity index (χ1) is 8.15. The maximum absolute atomic E-state index is 8.71. The molecule has 0 amide bonds. The zero-order chi connectivity index (χ0) is 12.7. The van der Waals surface area contributed by atoms with Crippen LogP contribution in [-0.4, -0.2) is 36.1 Å². The Bertz CT molecular complexity index is 238. The van der Waals surface area contributed by atoms with Gasteiger partial charge in [-0.2, -0.15) is 5.26 Å². The first-order valence-corrected chi connectivity index (χ1v) is 7.01. The summed E-state index contributed by atoms with van der Waals surface area (Å²) in [6.07, 6.45) is 5.86. The molecular weight excluding hydrogens is 210 g/mol. The van der Waals surface area contributed by atoms with Gasteiger partial charge in [-0.05, 0) is 46.6 Å². The van der Waals surface area contributed by atoms with Crippen molar-refractivity contribution < 1.29 is 0 Å². The van der Waals surface area contributed by atoms with E-state index in [2.05, 4.69) is 37.1 Å². The molecule has 0 saturated carbocycles. The molecule has 0 radical (unpaired) electrons. The normalized spacial score (nSPS) is 22.7. The largest absolute Gasteiger partial charge is 0.314 e. The molecule has 1 saturated heterocycles. The van der Waals surface area contributed by atoms with Gasteiger partial charge < -0.3 is 5.32 Å². The Balaban J connectivity index is 2.40. The lowest BCUT2D eigenvalue weighted by atomic mass is 9.97. The maximum atomic E-state index is 8.71. The molecule has 17 heavy (non-hydrogen) atoms. The van der Waals surface area contributed by atoms with E-state index in [-0.39, 0.29) is 0 Å². The fourth-order valence-electron chi connectivity index (χ4n) is 2.84. The molecule has 2 atom stereocenters. The molecule has 0 aliphatic carbocycles. The Morgan fingerprint density at radius 2 is 2.12 bits per heavy atom. The smallest absolute Gasteiger partial charge is 0.0635 e. The highest BCUT2D eigenvalue weighted by molar-refractivity contribution is 4.82. The van der Waals surface area contributed by atoms with Crippen molar-refractivity contribution in [3.63, 3.8) is 0 Å². The van der Waals surface area contributed by atoms with Crippen LogP contribution in [0.2, 0.25) is 0 Å². The number of hydrogen-bond donors (Lipinski definition) is 1. The fraction of sp³-hybridized carbons (Fsp3) is 0.929. The quantitative estimate of drug-likeness (QED) is 0.771. The van der Waals surface area contributed by atoms with E-state index < -0.39 is 0 Å². The highest BCUT2D eigenvalue weighted by atomic mass is 15.2. The van der Waals surface area contributed by atoms with Crippen molar-refractivity contribution in [2.45, 2.75) is 71.0 Å². The van der Waals surface area contributed by atoms with Gasteiger partial charge in [0.05, 0.1) is 6.07 Å². The molecule has 0 spiro atoms. The summed E-state index contributed by atoms with van der Waals surface area (Å²) in [4.78, 5) is 2.46. The molecule has 2 unspecified atom stereocenters. The van der Waals surface area contributed by atoms with Crippen LogP contribution < -0.4 is 5.32 Å². The third kappa shape index (κ3) is 5.06. The molecule has 1 aliphatic rings. The molecule has 0 aromatic carbocycles. The van der Waals surface area contributed by atoms with E-state index in [1.54, 1.807) is 0 Å². The molecule has 1 aliphatic heterocycles. The number of piperidine rings is 1. The third-order valence-electron chi connectivity index (χ3n) is 3.75. The molecular formula is C14H27N3. The summed E-state index contributed by atoms with van der Waals surface area (Å²) in [5.74, 6) is 0. The summed E-state index contributed by atoms with van der Waals surface area (Å²) >= 11 is 0. The van der Waals surface area contributed by atoms with Crippen LogP contribution in [0.5, 0.6) is 0 Å². The van der Waals surface area contributed by atoms with Crippen molar-refractivity contribution in [3.8, 4) is 6.07 Å². The Kier molecular flexibility index (Phi) is 6.54. The minimum atomic E-state index is 0.530. The lowest BCUT2D eigenvalue weighted by Crippen LogP contribution is -2.44. The van der Waals surface area contributed by atoms with Crippen LogP contribution in [0.1, 0.15) is 52.9 Å². The summed E-state index contributed by atoms with van der Waals surface area (Å²) in [7, 11) is 0. The van der Waals surface area contributed by atoms with Gasteiger partial charge in [-0.1, -0.05) is 6.42 Å². The summed E-state index contributed by atoms with van der Waals surface area (Å²) in [5, 5.41) is 12.3. The Labute approximate surface area is 106 Å². The summed E-state index contributed by atoms with van der Waals surface area (Å²) < 4.78 is 0. The molecule has 0 aromatic rings. The SMILES string of the molecule is CC(C)N(CCC#N)C(C)CC1CCCCN1. The second-order valence-electron chi connectivity index (χ2n) is 5.47. The van der Waals surface area contributed by atoms with E-state index in [4.69, 9.17) is 5.26 Å². The second-order valence-corrected chi connectivity index (χ2v) is 5.47. The Morgan fingerprint density at radius 1 is 1.35 bits per heavy atom. The average molecular weight is 237 g/mol. The van der Waals surface area contributed by atoms with E-state index in [1.165, 1.54) is 32.2 Å². The lowest BCUT2D eigenvalue weighted by molar-refractivity contribution is 0.145. The number of nitriles is 1. The van der Waals surface area contributed by atoms with Crippen LogP contribution in [0.4, 0.5) is 0 Å². The van der Waals surface area contributed by atoms with Gasteiger partial charge in [0.25, 0.3) is 0 Å². The van der Waals surface area contributed by atoms with Gasteiger partial charge in [0.1, 0.15) is 0 Å². The summed E-state index contributed by atoms with van der Waals surface area (Å²) in [5.41, 5.74) is 0. The van der Waals surface area contributed by atoms with Gasteiger partial charge in [-0.25, -0.2) is 0 Å². The van der Waals surface area contributed by atoms with Crippen LogP contribution in [0.3, 0.4) is 0 Å². The van der Waals surface area contributed by atoms with Gasteiger partial charge in [0.2, 0.25) is 0 Å². The minimum Gasteiger partial charge on any atom is -0.314 e. The predicted octanol–water partition coefficient (Wildman–Crippen LogP) is 2.53. The highest BCUT2D eigenvalue weighted by Crippen LogP contribution is 2.17. The highest BCUT2D eigenvalue weighted by Gasteiger charge is 2.21. The third-order valence-corrected chi connectivity index (χ3v) is 3.75. The second kappa shape index (κ2) is 7.68. The maximum Gasteiger partial charge on any atom is 0.0635 e. The van der Waals surface area contributed by atoms with Crippen LogP contribution in [0.15, 0.2) is 0 Å². The number of hydrogen-bond acceptors (Lipinski definition) is 3. The van der Waals surface area contributed by atoms with Crippen molar-refractivity contribution in [1.29, 1.82) is 5.26 Å². The van der Waals surface area contributed by atoms with Crippen molar-refractivity contribution >= 4 is 0 Å². The van der Waals surface area contributed by atoms with Crippen molar-refractivity contribution in [1.82, 2.24) is 10.2 Å². The van der Waals surface area contributed by atoms with E-state index in [1.807, 2.05) is 0 Å². The average Bonchev–Trinajstić information content (AvgIpc) is 2.30. The van der Waals surface area contributed by atoms with E-state index in [0.717, 1.165) is 6.54 Å². The molecule has 98 valence electrons. The van der Waals surface area contributed by atoms with Crippen molar-refractivity contribution in [2.24, 2.45) is 0 Å². The molecule has 3 nitrogen and oxygen atoms in total. The Morgan fingerprint density at radius 3 is 2.65 bits per heavy atom. The summed E-state index contributed by atoms with van der Waals surface area (Å²) in [6, 6.07) is 4.03. The van der Waals surface area contributed by atoms with E-state index >= 15 is 0 Å². The van der Waals surface area contributed by atoms with E-state index in [0.29, 0.717) is 24.5 Å². The number of rotatable bonds is 6. The van der Waals surface area contributed by atoms with Gasteiger partial charge in [-0.15, -0.1) is 0 Å². The number of nitrogens with one attached hydrogen (secondary N) is 1. The van der Waals surface area contributed by atoms with Crippen LogP contribution >= 0.6 is 0 Å². The topological polar surface area (TPSA) is 39.1 Å². The Hall–Kier alpha value is -0.590. The van der Waals surface area contributed by atoms with Crippen LogP contribution in [0.25, 0.3) is 0 Å². The molecule has 3 heteroatoms. The van der Waals surface area contributed by atoms with Gasteiger partial charge >= 0.3 is 0 Å². The zero-order valence-corrected chi connectivity index (χ0v) is 11.6. The molecule has 1 N–H and O–H groups in total. The monoisotopic (exact) mass is 237 g/mol. The fourth-order valence-corrected chi connectivity index (χ4v) is 2.84. The van der Waals surface area contributed by atoms with Crippen molar-refractivity contribution in [3.05, 3.63) is 0 Å². The number of nitrogens with zero attached hydrogens (tertiary/aromatic N) is 2. The standard InChI is InChI=1S/C14H27N3/c1-12(2)17(10-6-8-15)13(3)11-14-7-4-5-9-16-14/h12-14,16H,4-7,9-11H2,1-3H3. The first-order valence-electron chi connectivity index (χ1n) is 7.01. The van der Waals surface area contributed by atoms with Gasteiger partial charge in [-0.3, -0.25) is 4.90 Å². The molecule has 1 fully saturated rings. The molecule has 0 aromatic heterocycles. The predicted molar refractivity (Wildman–Crippen MR) is 71.8 cm³/mol.